The molecular weight excluding hydrogens is 308 g/mol. The van der Waals surface area contributed by atoms with Crippen LogP contribution in [0.2, 0.25) is 0 Å². The summed E-state index contributed by atoms with van der Waals surface area (Å²) < 4.78 is 16.3. The van der Waals surface area contributed by atoms with Gasteiger partial charge in [-0.25, -0.2) is 0 Å². The molecule has 4 atom stereocenters. The van der Waals surface area contributed by atoms with Crippen LogP contribution in [-0.2, 0) is 25.5 Å². The van der Waals surface area contributed by atoms with Crippen LogP contribution in [0.5, 0.6) is 5.75 Å². The van der Waals surface area contributed by atoms with Gasteiger partial charge in [0.2, 0.25) is 0 Å². The molecule has 1 saturated carbocycles. The third kappa shape index (κ3) is 3.12. The van der Waals surface area contributed by atoms with Gasteiger partial charge in [0.25, 0.3) is 0 Å². The van der Waals surface area contributed by atoms with E-state index in [-0.39, 0.29) is 36.0 Å². The van der Waals surface area contributed by atoms with Crippen LogP contribution in [0.3, 0.4) is 0 Å². The van der Waals surface area contributed by atoms with Crippen molar-refractivity contribution in [3.8, 4) is 5.75 Å². The van der Waals surface area contributed by atoms with Gasteiger partial charge in [-0.05, 0) is 18.4 Å². The quantitative estimate of drug-likeness (QED) is 0.776. The number of fused-ring (bicyclic) bond motifs is 3. The summed E-state index contributed by atoms with van der Waals surface area (Å²) in [5.74, 6) is 1.06. The number of para-hydroxylation sites is 1. The number of methoxy groups -OCH3 is 1. The lowest BCUT2D eigenvalue weighted by atomic mass is 9.88. The molecule has 5 nitrogen and oxygen atoms in total. The maximum absolute atomic E-state index is 11.3. The van der Waals surface area contributed by atoms with E-state index in [1.54, 1.807) is 0 Å². The predicted molar refractivity (Wildman–Crippen MR) is 87.9 cm³/mol. The van der Waals surface area contributed by atoms with Gasteiger partial charge in [-0.2, -0.15) is 0 Å². The normalized spacial score (nSPS) is 27.1. The van der Waals surface area contributed by atoms with Gasteiger partial charge in [-0.1, -0.05) is 25.1 Å². The Kier molecular flexibility index (Phi) is 4.78. The highest BCUT2D eigenvalue weighted by atomic mass is 16.5. The Morgan fingerprint density at radius 3 is 2.83 bits per heavy atom. The van der Waals surface area contributed by atoms with Gasteiger partial charge in [0.15, 0.2) is 0 Å². The smallest absolute Gasteiger partial charge is 0.305 e. The van der Waals surface area contributed by atoms with Gasteiger partial charge < -0.3 is 14.2 Å². The molecule has 4 unspecified atom stereocenters. The summed E-state index contributed by atoms with van der Waals surface area (Å²) in [6, 6.07) is 6.21. The molecule has 1 aliphatic carbocycles. The number of ether oxygens (including phenoxy) is 3. The Labute approximate surface area is 142 Å². The largest absolute Gasteiger partial charge is 0.489 e. The Hall–Kier alpha value is -2.04. The molecule has 1 aromatic carbocycles. The number of hydrogen-bond acceptors (Lipinski definition) is 5. The number of rotatable bonds is 5. The minimum Gasteiger partial charge on any atom is -0.489 e. The van der Waals surface area contributed by atoms with Crippen molar-refractivity contribution in [2.24, 2.45) is 5.92 Å². The molecule has 1 heterocycles. The molecule has 0 bridgehead atoms. The molecule has 3 rings (SSSR count). The van der Waals surface area contributed by atoms with Crippen molar-refractivity contribution < 1.29 is 23.8 Å². The highest BCUT2D eigenvalue weighted by Crippen LogP contribution is 2.52. The second kappa shape index (κ2) is 6.83. The monoisotopic (exact) mass is 332 g/mol. The van der Waals surface area contributed by atoms with Crippen LogP contribution in [-0.4, -0.2) is 31.3 Å². The molecule has 0 spiro atoms. The van der Waals surface area contributed by atoms with Crippen molar-refractivity contribution in [3.63, 3.8) is 0 Å². The van der Waals surface area contributed by atoms with Crippen molar-refractivity contribution in [3.05, 3.63) is 29.3 Å². The highest BCUT2D eigenvalue weighted by molar-refractivity contribution is 5.69. The number of aryl methyl sites for hydroxylation is 1. The predicted octanol–water partition coefficient (Wildman–Crippen LogP) is 3.00. The molecule has 130 valence electrons. The van der Waals surface area contributed by atoms with Gasteiger partial charge in [-0.3, -0.25) is 9.59 Å². The molecule has 1 aliphatic heterocycles. The first-order valence-electron chi connectivity index (χ1n) is 8.53. The second-order valence-electron chi connectivity index (χ2n) is 6.69. The fourth-order valence-electron chi connectivity index (χ4n) is 4.02. The number of esters is 2. The molecule has 0 saturated heterocycles. The third-order valence-electron chi connectivity index (χ3n) is 5.15. The van der Waals surface area contributed by atoms with Gasteiger partial charge in [0, 0.05) is 37.2 Å². The molecule has 2 aliphatic rings. The maximum atomic E-state index is 11.3. The van der Waals surface area contributed by atoms with Crippen molar-refractivity contribution in [2.45, 2.75) is 57.7 Å². The average Bonchev–Trinajstić information content (AvgIpc) is 3.04. The minimum atomic E-state index is -0.233. The van der Waals surface area contributed by atoms with E-state index in [1.165, 1.54) is 19.6 Å². The van der Waals surface area contributed by atoms with Crippen molar-refractivity contribution >= 4 is 11.9 Å². The van der Waals surface area contributed by atoms with E-state index in [1.807, 2.05) is 6.07 Å². The Bertz CT molecular complexity index is 639. The molecule has 0 aromatic heterocycles. The summed E-state index contributed by atoms with van der Waals surface area (Å²) in [6.45, 7) is 3.58. The summed E-state index contributed by atoms with van der Waals surface area (Å²) >= 11 is 0. The van der Waals surface area contributed by atoms with Gasteiger partial charge in [-0.15, -0.1) is 0 Å². The van der Waals surface area contributed by atoms with Crippen LogP contribution in [0.1, 0.15) is 50.2 Å². The van der Waals surface area contributed by atoms with Crippen LogP contribution < -0.4 is 4.74 Å². The SMILES string of the molecule is COC(=O)CCCc1cccc2c1OC1CC(OC(C)=O)C(C)C21. The van der Waals surface area contributed by atoms with E-state index in [2.05, 4.69) is 23.8 Å². The summed E-state index contributed by atoms with van der Waals surface area (Å²) in [7, 11) is 1.41. The number of benzene rings is 1. The molecule has 1 aromatic rings. The Morgan fingerprint density at radius 2 is 2.12 bits per heavy atom. The van der Waals surface area contributed by atoms with Crippen molar-refractivity contribution in [2.75, 3.05) is 7.11 Å². The van der Waals surface area contributed by atoms with Crippen LogP contribution in [0.15, 0.2) is 18.2 Å². The van der Waals surface area contributed by atoms with Crippen LogP contribution in [0, 0.1) is 5.92 Å². The van der Waals surface area contributed by atoms with Crippen LogP contribution in [0.4, 0.5) is 0 Å². The number of carbonyl (C=O) groups excluding carboxylic acids is 2. The lowest BCUT2D eigenvalue weighted by Gasteiger charge is -2.19. The number of carbonyl (C=O) groups is 2. The first-order valence-corrected chi connectivity index (χ1v) is 8.53. The summed E-state index contributed by atoms with van der Waals surface area (Å²) in [4.78, 5) is 22.5. The van der Waals surface area contributed by atoms with E-state index in [9.17, 15) is 9.59 Å². The summed E-state index contributed by atoms with van der Waals surface area (Å²) in [5, 5.41) is 0. The standard InChI is InChI=1S/C19H24O5/c1-11-15(23-12(2)20)10-16-18(11)14-8-4-6-13(19(14)24-16)7-5-9-17(21)22-3/h4,6,8,11,15-16,18H,5,7,9-10H2,1-3H3. The number of hydrogen-bond donors (Lipinski definition) is 0. The minimum absolute atomic E-state index is 0.0705. The zero-order valence-electron chi connectivity index (χ0n) is 14.4. The first-order chi connectivity index (χ1) is 11.5. The zero-order valence-corrected chi connectivity index (χ0v) is 14.4. The van der Waals surface area contributed by atoms with Gasteiger partial charge in [0.1, 0.15) is 18.0 Å². The fourth-order valence-corrected chi connectivity index (χ4v) is 4.02. The van der Waals surface area contributed by atoms with E-state index >= 15 is 0 Å². The lowest BCUT2D eigenvalue weighted by molar-refractivity contribution is -0.148. The van der Waals surface area contributed by atoms with Crippen LogP contribution >= 0.6 is 0 Å². The highest BCUT2D eigenvalue weighted by Gasteiger charge is 2.49. The van der Waals surface area contributed by atoms with Crippen molar-refractivity contribution in [1.29, 1.82) is 0 Å². The topological polar surface area (TPSA) is 61.8 Å². The summed E-state index contributed by atoms with van der Waals surface area (Å²) in [5.41, 5.74) is 2.35. The van der Waals surface area contributed by atoms with E-state index in [0.717, 1.165) is 30.6 Å². The molecule has 0 amide bonds. The molecule has 24 heavy (non-hydrogen) atoms. The average molecular weight is 332 g/mol. The first kappa shape index (κ1) is 16.8. The molecule has 0 N–H and O–H groups in total. The van der Waals surface area contributed by atoms with E-state index in [4.69, 9.17) is 9.47 Å². The van der Waals surface area contributed by atoms with Crippen molar-refractivity contribution in [1.82, 2.24) is 0 Å². The molecule has 5 heteroatoms. The van der Waals surface area contributed by atoms with Crippen LogP contribution in [0.25, 0.3) is 0 Å². The lowest BCUT2D eigenvalue weighted by Crippen LogP contribution is -2.21. The molecular formula is C19H24O5. The van der Waals surface area contributed by atoms with E-state index in [0.29, 0.717) is 6.42 Å². The molecule has 1 fully saturated rings. The Balaban J connectivity index is 1.73. The second-order valence-corrected chi connectivity index (χ2v) is 6.69. The fraction of sp³-hybridized carbons (Fsp3) is 0.579. The zero-order chi connectivity index (χ0) is 17.3. The van der Waals surface area contributed by atoms with Gasteiger partial charge >= 0.3 is 11.9 Å². The molecule has 0 radical (unpaired) electrons. The Morgan fingerprint density at radius 1 is 1.33 bits per heavy atom. The van der Waals surface area contributed by atoms with Gasteiger partial charge in [0.05, 0.1) is 7.11 Å². The maximum Gasteiger partial charge on any atom is 0.305 e. The summed E-state index contributed by atoms with van der Waals surface area (Å²) in [6.07, 6.45) is 2.68. The van der Waals surface area contributed by atoms with E-state index < -0.39 is 0 Å². The third-order valence-corrected chi connectivity index (χ3v) is 5.15.